The molecule has 2 aromatic heterocycles. The molecule has 0 spiro atoms. The van der Waals surface area contributed by atoms with E-state index in [2.05, 4.69) is 17.3 Å². The number of amides is 1. The fraction of sp³-hybridized carbons (Fsp3) is 0.500. The molecule has 0 aliphatic heterocycles. The third-order valence-electron chi connectivity index (χ3n) is 4.38. The van der Waals surface area contributed by atoms with E-state index >= 15 is 0 Å². The van der Waals surface area contributed by atoms with Gasteiger partial charge in [-0.3, -0.25) is 4.79 Å². The molecule has 1 aliphatic rings. The summed E-state index contributed by atoms with van der Waals surface area (Å²) in [6.45, 7) is 2.26. The van der Waals surface area contributed by atoms with Crippen molar-refractivity contribution in [2.24, 2.45) is 5.92 Å². The molecule has 2 unspecified atom stereocenters. The van der Waals surface area contributed by atoms with Gasteiger partial charge in [0.2, 0.25) is 0 Å². The van der Waals surface area contributed by atoms with Crippen molar-refractivity contribution in [3.8, 4) is 10.6 Å². The fourth-order valence-electron chi connectivity index (χ4n) is 3.09. The first kappa shape index (κ1) is 14.7. The Morgan fingerprint density at radius 2 is 2.14 bits per heavy atom. The maximum Gasteiger partial charge on any atom is 0.273 e. The summed E-state index contributed by atoms with van der Waals surface area (Å²) in [6, 6.07) is 2.41. The molecule has 0 N–H and O–H groups in total. The zero-order chi connectivity index (χ0) is 14.8. The van der Waals surface area contributed by atoms with E-state index in [0.29, 0.717) is 17.7 Å². The number of rotatable bonds is 3. The van der Waals surface area contributed by atoms with Crippen molar-refractivity contribution in [3.05, 3.63) is 27.9 Å². The van der Waals surface area contributed by atoms with E-state index in [9.17, 15) is 4.79 Å². The van der Waals surface area contributed by atoms with Crippen LogP contribution < -0.4 is 0 Å². The van der Waals surface area contributed by atoms with E-state index in [1.165, 1.54) is 19.3 Å². The lowest BCUT2D eigenvalue weighted by Gasteiger charge is -2.35. The molecule has 2 heterocycles. The van der Waals surface area contributed by atoms with E-state index in [1.54, 1.807) is 22.7 Å². The van der Waals surface area contributed by atoms with Crippen LogP contribution in [0.3, 0.4) is 0 Å². The first-order valence-electron chi connectivity index (χ1n) is 7.42. The third kappa shape index (κ3) is 3.04. The first-order valence-corrected chi connectivity index (χ1v) is 9.24. The van der Waals surface area contributed by atoms with Gasteiger partial charge in [-0.2, -0.15) is 11.3 Å². The normalized spacial score (nSPS) is 22.2. The average Bonchev–Trinajstić information content (AvgIpc) is 3.17. The van der Waals surface area contributed by atoms with Gasteiger partial charge >= 0.3 is 0 Å². The Hall–Kier alpha value is -1.20. The van der Waals surface area contributed by atoms with Crippen molar-refractivity contribution in [1.82, 2.24) is 9.88 Å². The summed E-state index contributed by atoms with van der Waals surface area (Å²) in [7, 11) is 1.93. The lowest BCUT2D eigenvalue weighted by atomic mass is 9.85. The van der Waals surface area contributed by atoms with Crippen LogP contribution in [0.5, 0.6) is 0 Å². The van der Waals surface area contributed by atoms with Gasteiger partial charge in [0.1, 0.15) is 10.7 Å². The summed E-state index contributed by atoms with van der Waals surface area (Å²) in [6.07, 6.45) is 4.85. The van der Waals surface area contributed by atoms with Crippen LogP contribution in [0.25, 0.3) is 10.6 Å². The van der Waals surface area contributed by atoms with Gasteiger partial charge in [-0.25, -0.2) is 4.98 Å². The van der Waals surface area contributed by atoms with Gasteiger partial charge in [-0.05, 0) is 30.2 Å². The fourth-order valence-corrected chi connectivity index (χ4v) is 4.60. The summed E-state index contributed by atoms with van der Waals surface area (Å²) in [5.74, 6) is 0.647. The average molecular weight is 320 g/mol. The standard InChI is InChI=1S/C16H20N2OS2/c1-11-5-3-4-6-14(11)18(2)16(19)13-10-21-15(17-13)12-7-8-20-9-12/h7-11,14H,3-6H2,1-2H3. The molecule has 0 aromatic carbocycles. The molecule has 1 aliphatic carbocycles. The SMILES string of the molecule is CC1CCCCC1N(C)C(=O)c1csc(-c2ccsc2)n1. The molecule has 112 valence electrons. The molecule has 5 heteroatoms. The predicted molar refractivity (Wildman–Crippen MR) is 88.9 cm³/mol. The van der Waals surface area contributed by atoms with Crippen molar-refractivity contribution in [2.45, 2.75) is 38.6 Å². The molecule has 3 nitrogen and oxygen atoms in total. The number of hydrogen-bond acceptors (Lipinski definition) is 4. The monoisotopic (exact) mass is 320 g/mol. The topological polar surface area (TPSA) is 33.2 Å². The van der Waals surface area contributed by atoms with E-state index in [-0.39, 0.29) is 5.91 Å². The Labute approximate surface area is 133 Å². The van der Waals surface area contributed by atoms with E-state index in [1.807, 2.05) is 28.8 Å². The largest absolute Gasteiger partial charge is 0.337 e. The Morgan fingerprint density at radius 3 is 2.86 bits per heavy atom. The molecule has 1 saturated carbocycles. The third-order valence-corrected chi connectivity index (χ3v) is 5.95. The van der Waals surface area contributed by atoms with Crippen LogP contribution in [0.15, 0.2) is 22.2 Å². The number of carbonyl (C=O) groups excluding carboxylic acids is 1. The molecule has 2 aromatic rings. The maximum atomic E-state index is 12.6. The molecule has 0 bridgehead atoms. The summed E-state index contributed by atoms with van der Waals surface area (Å²) in [5, 5.41) is 6.93. The highest BCUT2D eigenvalue weighted by Gasteiger charge is 2.29. The molecule has 2 atom stereocenters. The van der Waals surface area contributed by atoms with Crippen molar-refractivity contribution < 1.29 is 4.79 Å². The summed E-state index contributed by atoms with van der Waals surface area (Å²) < 4.78 is 0. The molecule has 21 heavy (non-hydrogen) atoms. The minimum atomic E-state index is 0.0616. The van der Waals surface area contributed by atoms with Gasteiger partial charge in [0, 0.05) is 29.4 Å². The van der Waals surface area contributed by atoms with Crippen molar-refractivity contribution in [2.75, 3.05) is 7.05 Å². The number of carbonyl (C=O) groups is 1. The Kier molecular flexibility index (Phi) is 4.40. The van der Waals surface area contributed by atoms with Crippen LogP contribution in [-0.2, 0) is 0 Å². The van der Waals surface area contributed by atoms with E-state index in [4.69, 9.17) is 0 Å². The molecular weight excluding hydrogens is 300 g/mol. The first-order chi connectivity index (χ1) is 10.2. The number of thiazole rings is 1. The van der Waals surface area contributed by atoms with Crippen LogP contribution >= 0.6 is 22.7 Å². The summed E-state index contributed by atoms with van der Waals surface area (Å²) in [5.41, 5.74) is 1.69. The minimum absolute atomic E-state index is 0.0616. The quantitative estimate of drug-likeness (QED) is 0.833. The second kappa shape index (κ2) is 6.28. The van der Waals surface area contributed by atoms with Gasteiger partial charge in [0.25, 0.3) is 5.91 Å². The zero-order valence-corrected chi connectivity index (χ0v) is 14.0. The van der Waals surface area contributed by atoms with Gasteiger partial charge < -0.3 is 4.90 Å². The lowest BCUT2D eigenvalue weighted by Crippen LogP contribution is -2.42. The van der Waals surface area contributed by atoms with Gasteiger partial charge in [-0.15, -0.1) is 11.3 Å². The molecule has 1 fully saturated rings. The molecular formula is C16H20N2OS2. The Bertz CT molecular complexity index is 606. The molecule has 0 radical (unpaired) electrons. The lowest BCUT2D eigenvalue weighted by molar-refractivity contribution is 0.0624. The predicted octanol–water partition coefficient (Wildman–Crippen LogP) is 4.52. The van der Waals surface area contributed by atoms with Crippen molar-refractivity contribution in [1.29, 1.82) is 0 Å². The minimum Gasteiger partial charge on any atom is -0.337 e. The Balaban J connectivity index is 1.75. The molecule has 1 amide bonds. The summed E-state index contributed by atoms with van der Waals surface area (Å²) in [4.78, 5) is 19.1. The van der Waals surface area contributed by atoms with Gasteiger partial charge in [-0.1, -0.05) is 19.8 Å². The van der Waals surface area contributed by atoms with E-state index < -0.39 is 0 Å². The highest BCUT2D eigenvalue weighted by molar-refractivity contribution is 7.14. The van der Waals surface area contributed by atoms with Gasteiger partial charge in [0.15, 0.2) is 0 Å². The number of thiophene rings is 1. The van der Waals surface area contributed by atoms with Crippen LogP contribution in [0.4, 0.5) is 0 Å². The highest BCUT2D eigenvalue weighted by Crippen LogP contribution is 2.30. The summed E-state index contributed by atoms with van der Waals surface area (Å²) >= 11 is 3.20. The van der Waals surface area contributed by atoms with Crippen LogP contribution in [0.1, 0.15) is 43.1 Å². The molecule has 0 saturated heterocycles. The van der Waals surface area contributed by atoms with Crippen LogP contribution in [0.2, 0.25) is 0 Å². The maximum absolute atomic E-state index is 12.6. The number of hydrogen-bond donors (Lipinski definition) is 0. The zero-order valence-electron chi connectivity index (χ0n) is 12.4. The Morgan fingerprint density at radius 1 is 1.33 bits per heavy atom. The highest BCUT2D eigenvalue weighted by atomic mass is 32.1. The number of aromatic nitrogens is 1. The van der Waals surface area contributed by atoms with Crippen molar-refractivity contribution >= 4 is 28.6 Å². The van der Waals surface area contributed by atoms with Crippen molar-refractivity contribution in [3.63, 3.8) is 0 Å². The molecule has 3 rings (SSSR count). The number of nitrogens with zero attached hydrogens (tertiary/aromatic N) is 2. The van der Waals surface area contributed by atoms with Crippen LogP contribution in [0, 0.1) is 5.92 Å². The second-order valence-corrected chi connectivity index (χ2v) is 7.43. The van der Waals surface area contributed by atoms with Crippen LogP contribution in [-0.4, -0.2) is 28.9 Å². The second-order valence-electron chi connectivity index (χ2n) is 5.80. The van der Waals surface area contributed by atoms with E-state index in [0.717, 1.165) is 17.0 Å². The van der Waals surface area contributed by atoms with Gasteiger partial charge in [0.05, 0.1) is 0 Å². The smallest absolute Gasteiger partial charge is 0.273 e.